The zero-order chi connectivity index (χ0) is 20.8. The minimum atomic E-state index is -0.183. The average molecular weight is 416 g/mol. The summed E-state index contributed by atoms with van der Waals surface area (Å²) in [5.74, 6) is 0.911. The second-order valence-electron chi connectivity index (χ2n) is 6.47. The Kier molecular flexibility index (Phi) is 6.72. The molecule has 152 valence electrons. The van der Waals surface area contributed by atoms with E-state index in [-0.39, 0.29) is 11.5 Å². The van der Waals surface area contributed by atoms with Gasteiger partial charge in [0, 0.05) is 30.6 Å². The number of hydrogen-bond acceptors (Lipinski definition) is 5. The Hall–Kier alpha value is -3.06. The quantitative estimate of drug-likeness (QED) is 0.611. The topological polar surface area (TPSA) is 82.5 Å². The summed E-state index contributed by atoms with van der Waals surface area (Å²) >= 11 is 5.85. The van der Waals surface area contributed by atoms with Crippen LogP contribution in [0.15, 0.2) is 47.5 Å². The average Bonchev–Trinajstić information content (AvgIpc) is 2.74. The lowest BCUT2D eigenvalue weighted by atomic mass is 10.2. The largest absolute Gasteiger partial charge is 0.493 e. The summed E-state index contributed by atoms with van der Waals surface area (Å²) < 4.78 is 12.0. The van der Waals surface area contributed by atoms with Crippen molar-refractivity contribution in [1.29, 1.82) is 0 Å². The molecule has 7 nitrogen and oxygen atoms in total. The Morgan fingerprint density at radius 1 is 1.14 bits per heavy atom. The summed E-state index contributed by atoms with van der Waals surface area (Å²) in [7, 11) is 3.05. The number of nitrogens with one attached hydrogen (secondary N) is 1. The van der Waals surface area contributed by atoms with Crippen LogP contribution in [0, 0.1) is 0 Å². The van der Waals surface area contributed by atoms with Crippen LogP contribution in [0.2, 0.25) is 5.02 Å². The standard InChI is InChI=1S/C21H22ClN3O4/c1-28-18-10-16-17(11-19(18)29-2)24-13-25(21(16)27)9-3-4-20(26)23-12-14-5-7-15(22)8-6-14/h5-8,10-11,13H,3-4,9,12H2,1-2H3,(H,23,26). The highest BCUT2D eigenvalue weighted by Gasteiger charge is 2.11. The van der Waals surface area contributed by atoms with Gasteiger partial charge < -0.3 is 14.8 Å². The molecule has 0 radical (unpaired) electrons. The molecule has 2 aromatic carbocycles. The lowest BCUT2D eigenvalue weighted by Crippen LogP contribution is -2.24. The van der Waals surface area contributed by atoms with E-state index >= 15 is 0 Å². The van der Waals surface area contributed by atoms with Crippen molar-refractivity contribution in [3.05, 3.63) is 63.7 Å². The monoisotopic (exact) mass is 415 g/mol. The van der Waals surface area contributed by atoms with Crippen LogP contribution in [0.1, 0.15) is 18.4 Å². The summed E-state index contributed by atoms with van der Waals surface area (Å²) in [6.45, 7) is 0.833. The molecule has 0 fully saturated rings. The van der Waals surface area contributed by atoms with Crippen LogP contribution in [0.25, 0.3) is 10.9 Å². The number of aromatic nitrogens is 2. The number of fused-ring (bicyclic) bond motifs is 1. The van der Waals surface area contributed by atoms with Gasteiger partial charge in [0.25, 0.3) is 5.56 Å². The predicted molar refractivity (Wildman–Crippen MR) is 112 cm³/mol. The molecular weight excluding hydrogens is 394 g/mol. The SMILES string of the molecule is COc1cc2ncn(CCCC(=O)NCc3ccc(Cl)cc3)c(=O)c2cc1OC. The number of hydrogen-bond donors (Lipinski definition) is 1. The van der Waals surface area contributed by atoms with Crippen molar-refractivity contribution in [3.8, 4) is 11.5 Å². The van der Waals surface area contributed by atoms with Crippen LogP contribution in [0.5, 0.6) is 11.5 Å². The van der Waals surface area contributed by atoms with Crippen LogP contribution in [-0.4, -0.2) is 29.7 Å². The second kappa shape index (κ2) is 9.43. The third kappa shape index (κ3) is 5.06. The first-order valence-electron chi connectivity index (χ1n) is 9.14. The Morgan fingerprint density at radius 3 is 2.52 bits per heavy atom. The van der Waals surface area contributed by atoms with Crippen molar-refractivity contribution >= 4 is 28.4 Å². The number of carbonyl (C=O) groups excluding carboxylic acids is 1. The van der Waals surface area contributed by atoms with Crippen LogP contribution < -0.4 is 20.3 Å². The molecular formula is C21H22ClN3O4. The highest BCUT2D eigenvalue weighted by molar-refractivity contribution is 6.30. The first-order chi connectivity index (χ1) is 14.0. The van der Waals surface area contributed by atoms with E-state index in [2.05, 4.69) is 10.3 Å². The molecule has 29 heavy (non-hydrogen) atoms. The van der Waals surface area contributed by atoms with Crippen molar-refractivity contribution in [2.24, 2.45) is 0 Å². The number of benzene rings is 2. The van der Waals surface area contributed by atoms with Crippen LogP contribution in [-0.2, 0) is 17.9 Å². The zero-order valence-corrected chi connectivity index (χ0v) is 17.0. The lowest BCUT2D eigenvalue weighted by Gasteiger charge is -2.10. The zero-order valence-electron chi connectivity index (χ0n) is 16.3. The minimum absolute atomic E-state index is 0.0758. The van der Waals surface area contributed by atoms with Crippen molar-refractivity contribution in [2.75, 3.05) is 14.2 Å². The van der Waals surface area contributed by atoms with E-state index in [0.717, 1.165) is 5.56 Å². The van der Waals surface area contributed by atoms with Gasteiger partial charge in [-0.3, -0.25) is 14.2 Å². The van der Waals surface area contributed by atoms with E-state index in [1.54, 1.807) is 24.3 Å². The highest BCUT2D eigenvalue weighted by atomic mass is 35.5. The molecule has 3 rings (SSSR count). The molecule has 0 saturated heterocycles. The molecule has 3 aromatic rings. The predicted octanol–water partition coefficient (Wildman–Crippen LogP) is 3.16. The Balaban J connectivity index is 1.60. The van der Waals surface area contributed by atoms with Crippen molar-refractivity contribution in [2.45, 2.75) is 25.9 Å². The molecule has 0 spiro atoms. The van der Waals surface area contributed by atoms with Gasteiger partial charge in [-0.1, -0.05) is 23.7 Å². The Morgan fingerprint density at radius 2 is 1.83 bits per heavy atom. The molecule has 0 aliphatic carbocycles. The maximum Gasteiger partial charge on any atom is 0.261 e. The normalized spacial score (nSPS) is 10.7. The van der Waals surface area contributed by atoms with Gasteiger partial charge in [0.1, 0.15) is 0 Å². The third-order valence-corrected chi connectivity index (χ3v) is 4.79. The van der Waals surface area contributed by atoms with E-state index in [9.17, 15) is 9.59 Å². The molecule has 0 saturated carbocycles. The lowest BCUT2D eigenvalue weighted by molar-refractivity contribution is -0.121. The van der Waals surface area contributed by atoms with Crippen molar-refractivity contribution in [3.63, 3.8) is 0 Å². The number of aryl methyl sites for hydroxylation is 1. The third-order valence-electron chi connectivity index (χ3n) is 4.54. The molecule has 1 heterocycles. The summed E-state index contributed by atoms with van der Waals surface area (Å²) in [5, 5.41) is 3.96. The molecule has 0 unspecified atom stereocenters. The fourth-order valence-electron chi connectivity index (χ4n) is 2.95. The summed E-state index contributed by atoms with van der Waals surface area (Å²) in [6.07, 6.45) is 2.32. The van der Waals surface area contributed by atoms with Gasteiger partial charge >= 0.3 is 0 Å². The number of methoxy groups -OCH3 is 2. The number of rotatable bonds is 8. The Labute approximate surface area is 173 Å². The maximum atomic E-state index is 12.7. The molecule has 0 aliphatic rings. The number of nitrogens with zero attached hydrogens (tertiary/aromatic N) is 2. The van der Waals surface area contributed by atoms with Crippen LogP contribution in [0.3, 0.4) is 0 Å². The maximum absolute atomic E-state index is 12.7. The van der Waals surface area contributed by atoms with E-state index in [0.29, 0.717) is 53.4 Å². The minimum Gasteiger partial charge on any atom is -0.493 e. The van der Waals surface area contributed by atoms with Gasteiger partial charge in [0.15, 0.2) is 11.5 Å². The number of halogens is 1. The second-order valence-corrected chi connectivity index (χ2v) is 6.91. The van der Waals surface area contributed by atoms with Crippen molar-refractivity contribution in [1.82, 2.24) is 14.9 Å². The molecule has 1 aromatic heterocycles. The number of ether oxygens (including phenoxy) is 2. The first kappa shape index (κ1) is 20.7. The number of carbonyl (C=O) groups is 1. The van der Waals surface area contributed by atoms with Gasteiger partial charge in [-0.15, -0.1) is 0 Å². The van der Waals surface area contributed by atoms with Crippen LogP contribution in [0.4, 0.5) is 0 Å². The van der Waals surface area contributed by atoms with Gasteiger partial charge in [-0.2, -0.15) is 0 Å². The summed E-state index contributed by atoms with van der Waals surface area (Å²) in [6, 6.07) is 10.6. The molecule has 8 heteroatoms. The van der Waals surface area contributed by atoms with Crippen molar-refractivity contribution < 1.29 is 14.3 Å². The van der Waals surface area contributed by atoms with E-state index in [1.807, 2.05) is 12.1 Å². The molecule has 0 bridgehead atoms. The molecule has 1 amide bonds. The van der Waals surface area contributed by atoms with Gasteiger partial charge in [0.2, 0.25) is 5.91 Å². The van der Waals surface area contributed by atoms with E-state index in [4.69, 9.17) is 21.1 Å². The molecule has 1 N–H and O–H groups in total. The highest BCUT2D eigenvalue weighted by Crippen LogP contribution is 2.29. The fraction of sp³-hybridized carbons (Fsp3) is 0.286. The number of amides is 1. The van der Waals surface area contributed by atoms with Gasteiger partial charge in [-0.25, -0.2) is 4.98 Å². The van der Waals surface area contributed by atoms with Gasteiger partial charge in [-0.05, 0) is 30.2 Å². The van der Waals surface area contributed by atoms with E-state index in [1.165, 1.54) is 25.1 Å². The fourth-order valence-corrected chi connectivity index (χ4v) is 3.07. The first-order valence-corrected chi connectivity index (χ1v) is 9.52. The summed E-state index contributed by atoms with van der Waals surface area (Å²) in [5.41, 5.74) is 1.32. The van der Waals surface area contributed by atoms with Crippen LogP contribution >= 0.6 is 11.6 Å². The van der Waals surface area contributed by atoms with E-state index < -0.39 is 0 Å². The summed E-state index contributed by atoms with van der Waals surface area (Å²) in [4.78, 5) is 29.1. The molecule has 0 atom stereocenters. The van der Waals surface area contributed by atoms with Gasteiger partial charge in [0.05, 0.1) is 31.4 Å². The Bertz CT molecular complexity index is 1060. The smallest absolute Gasteiger partial charge is 0.261 e. The molecule has 0 aliphatic heterocycles.